The third kappa shape index (κ3) is 4.71. The molecule has 0 N–H and O–H groups in total. The van der Waals surface area contributed by atoms with Gasteiger partial charge in [0.15, 0.2) is 11.6 Å². The van der Waals surface area contributed by atoms with Gasteiger partial charge in [-0.1, -0.05) is 17.7 Å². The third-order valence-corrected chi connectivity index (χ3v) is 6.51. The summed E-state index contributed by atoms with van der Waals surface area (Å²) in [5, 5.41) is 0.635. The number of allylic oxidation sites excluding steroid dienone is 1. The van der Waals surface area contributed by atoms with Gasteiger partial charge in [-0.25, -0.2) is 18.8 Å². The summed E-state index contributed by atoms with van der Waals surface area (Å²) >= 11 is 6.33. The van der Waals surface area contributed by atoms with E-state index in [2.05, 4.69) is 19.7 Å². The predicted molar refractivity (Wildman–Crippen MR) is 127 cm³/mol. The number of pyridine rings is 1. The van der Waals surface area contributed by atoms with Crippen molar-refractivity contribution in [2.24, 2.45) is 9.98 Å². The van der Waals surface area contributed by atoms with Crippen molar-refractivity contribution in [2.75, 3.05) is 44.2 Å². The molecule has 1 aromatic carbocycles. The van der Waals surface area contributed by atoms with Gasteiger partial charge in [-0.3, -0.25) is 0 Å². The number of piperazine rings is 1. The van der Waals surface area contributed by atoms with E-state index in [0.717, 1.165) is 56.7 Å². The van der Waals surface area contributed by atoms with E-state index in [1.165, 1.54) is 6.07 Å². The molecule has 0 saturated carbocycles. The van der Waals surface area contributed by atoms with E-state index in [0.29, 0.717) is 41.8 Å². The van der Waals surface area contributed by atoms with Crippen molar-refractivity contribution in [1.29, 1.82) is 0 Å². The van der Waals surface area contributed by atoms with E-state index in [-0.39, 0.29) is 0 Å². The molecule has 2 fully saturated rings. The predicted octanol–water partition coefficient (Wildman–Crippen LogP) is 4.32. The molecule has 9 heteroatoms. The van der Waals surface area contributed by atoms with E-state index in [4.69, 9.17) is 21.6 Å². The molecular weight excluding hydrogens is 446 g/mol. The number of anilines is 1. The lowest BCUT2D eigenvalue weighted by Gasteiger charge is -2.36. The Morgan fingerprint density at radius 3 is 2.30 bits per heavy atom. The molecule has 0 aliphatic carbocycles. The molecule has 0 radical (unpaired) electrons. The molecule has 6 nitrogen and oxygen atoms in total. The first-order valence-electron chi connectivity index (χ1n) is 11.3. The van der Waals surface area contributed by atoms with E-state index in [1.807, 2.05) is 18.2 Å². The van der Waals surface area contributed by atoms with Gasteiger partial charge in [0.05, 0.1) is 10.7 Å². The Labute approximate surface area is 196 Å². The van der Waals surface area contributed by atoms with Crippen LogP contribution in [0.5, 0.6) is 0 Å². The normalized spacial score (nSPS) is 19.2. The Balaban J connectivity index is 1.41. The number of guanidine groups is 1. The fourth-order valence-corrected chi connectivity index (χ4v) is 4.64. The van der Waals surface area contributed by atoms with Gasteiger partial charge in [0.2, 0.25) is 5.96 Å². The summed E-state index contributed by atoms with van der Waals surface area (Å²) in [6.07, 6.45) is 6.58. The summed E-state index contributed by atoms with van der Waals surface area (Å²) in [5.41, 5.74) is 1.25. The van der Waals surface area contributed by atoms with Gasteiger partial charge >= 0.3 is 0 Å². The van der Waals surface area contributed by atoms with Crippen LogP contribution < -0.4 is 4.90 Å². The molecule has 0 unspecified atom stereocenters. The number of halogens is 3. The Hall–Kier alpha value is -3.00. The number of hydrogen-bond donors (Lipinski definition) is 0. The molecule has 2 saturated heterocycles. The molecule has 2 aromatic rings. The molecule has 0 atom stereocenters. The number of aliphatic imine (C=N–C) groups is 2. The van der Waals surface area contributed by atoms with Crippen LogP contribution in [-0.4, -0.2) is 65.7 Å². The second-order valence-corrected chi connectivity index (χ2v) is 8.75. The van der Waals surface area contributed by atoms with Crippen molar-refractivity contribution in [3.63, 3.8) is 0 Å². The van der Waals surface area contributed by atoms with Crippen LogP contribution in [0.4, 0.5) is 14.6 Å². The lowest BCUT2D eigenvalue weighted by molar-refractivity contribution is 0.375. The smallest absolute Gasteiger partial charge is 0.227 e. The van der Waals surface area contributed by atoms with E-state index in [9.17, 15) is 8.78 Å². The van der Waals surface area contributed by atoms with Gasteiger partial charge in [0, 0.05) is 51.9 Å². The summed E-state index contributed by atoms with van der Waals surface area (Å²) in [5.74, 6) is 0.559. The van der Waals surface area contributed by atoms with Gasteiger partial charge < -0.3 is 14.7 Å². The molecule has 0 bridgehead atoms. The zero-order valence-electron chi connectivity index (χ0n) is 18.2. The van der Waals surface area contributed by atoms with Crippen molar-refractivity contribution in [3.8, 4) is 0 Å². The van der Waals surface area contributed by atoms with Crippen LogP contribution in [0.1, 0.15) is 24.8 Å². The Morgan fingerprint density at radius 1 is 0.818 bits per heavy atom. The number of nitrogens with zero attached hydrogens (tertiary/aromatic N) is 6. The highest BCUT2D eigenvalue weighted by atomic mass is 35.5. The van der Waals surface area contributed by atoms with Crippen LogP contribution >= 0.6 is 11.6 Å². The Morgan fingerprint density at radius 2 is 1.58 bits per heavy atom. The second-order valence-electron chi connectivity index (χ2n) is 8.34. The maximum Gasteiger partial charge on any atom is 0.227 e. The van der Waals surface area contributed by atoms with Gasteiger partial charge in [-0.2, -0.15) is 4.99 Å². The lowest BCUT2D eigenvalue weighted by atomic mass is 10.1. The summed E-state index contributed by atoms with van der Waals surface area (Å²) < 4.78 is 27.4. The average molecular weight is 471 g/mol. The van der Waals surface area contributed by atoms with Crippen LogP contribution in [-0.2, 0) is 0 Å². The zero-order chi connectivity index (χ0) is 22.8. The molecule has 3 aliphatic heterocycles. The minimum absolute atomic E-state index is 0.507. The average Bonchev–Trinajstić information content (AvgIpc) is 3.28. The van der Waals surface area contributed by atoms with E-state index >= 15 is 0 Å². The summed E-state index contributed by atoms with van der Waals surface area (Å²) in [6.45, 7) is 4.80. The van der Waals surface area contributed by atoms with E-state index in [1.54, 1.807) is 12.3 Å². The highest BCUT2D eigenvalue weighted by molar-refractivity contribution is 6.32. The molecule has 0 amide bonds. The van der Waals surface area contributed by atoms with Crippen molar-refractivity contribution in [1.82, 2.24) is 14.8 Å². The van der Waals surface area contributed by atoms with Gasteiger partial charge in [0.1, 0.15) is 11.6 Å². The van der Waals surface area contributed by atoms with Gasteiger partial charge in [-0.05, 0) is 48.7 Å². The Bertz CT molecular complexity index is 1120. The number of hydrogen-bond acceptors (Lipinski definition) is 6. The molecule has 1 aromatic heterocycles. The molecule has 4 heterocycles. The molecule has 3 aliphatic rings. The number of aromatic nitrogens is 1. The van der Waals surface area contributed by atoms with Crippen LogP contribution in [0.2, 0.25) is 5.02 Å². The van der Waals surface area contributed by atoms with Crippen molar-refractivity contribution < 1.29 is 8.78 Å². The minimum atomic E-state index is -0.873. The number of likely N-dealkylation sites (tertiary alicyclic amines) is 1. The number of benzene rings is 1. The van der Waals surface area contributed by atoms with Crippen LogP contribution in [0.25, 0.3) is 0 Å². The Kier molecular flexibility index (Phi) is 6.26. The SMILES string of the molecule is Fc1ccc(C2=NC(N3CCN(c4ncccc4Cl)CC3)=NC(N3CCCC3)=CC2)cc1F. The molecule has 172 valence electrons. The van der Waals surface area contributed by atoms with Crippen molar-refractivity contribution >= 4 is 29.1 Å². The first kappa shape index (κ1) is 21.8. The second kappa shape index (κ2) is 9.47. The lowest BCUT2D eigenvalue weighted by Crippen LogP contribution is -2.49. The maximum atomic E-state index is 13.9. The fourth-order valence-electron chi connectivity index (χ4n) is 4.40. The summed E-state index contributed by atoms with van der Waals surface area (Å²) in [4.78, 5) is 20.8. The van der Waals surface area contributed by atoms with Crippen molar-refractivity contribution in [2.45, 2.75) is 19.3 Å². The first-order chi connectivity index (χ1) is 16.1. The van der Waals surface area contributed by atoms with Gasteiger partial charge in [0.25, 0.3) is 0 Å². The maximum absolute atomic E-state index is 13.9. The largest absolute Gasteiger partial charge is 0.357 e. The monoisotopic (exact) mass is 470 g/mol. The van der Waals surface area contributed by atoms with Crippen LogP contribution in [0.15, 0.2) is 58.4 Å². The fraction of sp³-hybridized carbons (Fsp3) is 0.375. The third-order valence-electron chi connectivity index (χ3n) is 6.21. The standard InChI is InChI=1S/C24H25ClF2N6/c25-18-4-3-9-28-23(18)32-12-14-33(15-13-32)24-29-21(17-5-6-19(26)20(27)16-17)7-8-22(30-24)31-10-1-2-11-31/h3-6,8-9,16H,1-2,7,10-15H2. The molecular formula is C24H25ClF2N6. The highest BCUT2D eigenvalue weighted by Crippen LogP contribution is 2.25. The first-order valence-corrected chi connectivity index (χ1v) is 11.6. The molecule has 33 heavy (non-hydrogen) atoms. The molecule has 0 spiro atoms. The summed E-state index contributed by atoms with van der Waals surface area (Å²) in [7, 11) is 0. The zero-order valence-corrected chi connectivity index (χ0v) is 19.0. The summed E-state index contributed by atoms with van der Waals surface area (Å²) in [6, 6.07) is 7.60. The van der Waals surface area contributed by atoms with Gasteiger partial charge in [-0.15, -0.1) is 0 Å². The van der Waals surface area contributed by atoms with E-state index < -0.39 is 11.6 Å². The minimum Gasteiger partial charge on any atom is -0.357 e. The quantitative estimate of drug-likeness (QED) is 0.670. The highest BCUT2D eigenvalue weighted by Gasteiger charge is 2.25. The topological polar surface area (TPSA) is 47.3 Å². The van der Waals surface area contributed by atoms with Crippen LogP contribution in [0, 0.1) is 11.6 Å². The number of rotatable bonds is 3. The van der Waals surface area contributed by atoms with Crippen LogP contribution in [0.3, 0.4) is 0 Å². The molecule has 5 rings (SSSR count). The van der Waals surface area contributed by atoms with Crippen molar-refractivity contribution in [3.05, 3.63) is 70.6 Å².